The topological polar surface area (TPSA) is 24.9 Å². The summed E-state index contributed by atoms with van der Waals surface area (Å²) in [5.74, 6) is -1.38. The third-order valence-electron chi connectivity index (χ3n) is 2.77. The summed E-state index contributed by atoms with van der Waals surface area (Å²) in [7, 11) is 1.57. The van der Waals surface area contributed by atoms with E-state index < -0.39 is 17.7 Å². The van der Waals surface area contributed by atoms with E-state index >= 15 is 0 Å². The molecule has 1 aromatic heterocycles. The molecule has 106 valence electrons. The molecule has 1 aromatic carbocycles. The van der Waals surface area contributed by atoms with Crippen molar-refractivity contribution in [3.8, 4) is 0 Å². The van der Waals surface area contributed by atoms with Crippen LogP contribution in [0.5, 0.6) is 0 Å². The van der Waals surface area contributed by atoms with Crippen LogP contribution in [0.1, 0.15) is 17.3 Å². The van der Waals surface area contributed by atoms with Crippen molar-refractivity contribution < 1.29 is 8.78 Å². The summed E-state index contributed by atoms with van der Waals surface area (Å²) in [5, 5.41) is 3.40. The van der Waals surface area contributed by atoms with Crippen molar-refractivity contribution in [3.05, 3.63) is 61.8 Å². The number of rotatable bonds is 3. The lowest BCUT2D eigenvalue weighted by molar-refractivity contribution is 0.514. The summed E-state index contributed by atoms with van der Waals surface area (Å²) >= 11 is 14.9. The Morgan fingerprint density at radius 2 is 2.00 bits per heavy atom. The second-order valence-corrected chi connectivity index (χ2v) is 5.70. The maximum absolute atomic E-state index is 14.2. The standard InChI is InChI=1S/C13H9BrCl2F2N2/c1-19-13(12-8(16)4-6(15)5-20-12)10-9(17)3-2-7(14)11(10)18/h2-5,13,19H,1H3. The molecule has 0 amide bonds. The van der Waals surface area contributed by atoms with Gasteiger partial charge in [0, 0.05) is 11.8 Å². The van der Waals surface area contributed by atoms with Crippen LogP contribution in [0.3, 0.4) is 0 Å². The number of halogens is 5. The van der Waals surface area contributed by atoms with Gasteiger partial charge in [0.2, 0.25) is 0 Å². The minimum absolute atomic E-state index is 0.154. The molecule has 0 spiro atoms. The zero-order valence-electron chi connectivity index (χ0n) is 10.2. The van der Waals surface area contributed by atoms with E-state index in [2.05, 4.69) is 26.2 Å². The Morgan fingerprint density at radius 1 is 1.30 bits per heavy atom. The first kappa shape index (κ1) is 15.6. The van der Waals surface area contributed by atoms with Crippen molar-refractivity contribution in [3.63, 3.8) is 0 Å². The van der Waals surface area contributed by atoms with E-state index in [1.807, 2.05) is 0 Å². The van der Waals surface area contributed by atoms with Gasteiger partial charge in [-0.1, -0.05) is 23.2 Å². The molecule has 1 heterocycles. The Morgan fingerprint density at radius 3 is 2.60 bits per heavy atom. The Bertz CT molecular complexity index is 653. The molecule has 1 N–H and O–H groups in total. The largest absolute Gasteiger partial charge is 0.308 e. The first-order valence-corrected chi connectivity index (χ1v) is 7.12. The average Bonchev–Trinajstić information content (AvgIpc) is 2.40. The van der Waals surface area contributed by atoms with E-state index in [9.17, 15) is 8.78 Å². The van der Waals surface area contributed by atoms with Gasteiger partial charge < -0.3 is 5.32 Å². The Labute approximate surface area is 133 Å². The fraction of sp³-hybridized carbons (Fsp3) is 0.154. The first-order chi connectivity index (χ1) is 9.45. The number of benzene rings is 1. The smallest absolute Gasteiger partial charge is 0.145 e. The summed E-state index contributed by atoms with van der Waals surface area (Å²) in [4.78, 5) is 4.06. The first-order valence-electron chi connectivity index (χ1n) is 5.57. The highest BCUT2D eigenvalue weighted by Crippen LogP contribution is 2.33. The molecule has 7 heteroatoms. The molecule has 0 radical (unpaired) electrons. The van der Waals surface area contributed by atoms with Crippen molar-refractivity contribution >= 4 is 39.1 Å². The predicted molar refractivity (Wildman–Crippen MR) is 79.2 cm³/mol. The summed E-state index contributed by atoms with van der Waals surface area (Å²) < 4.78 is 28.3. The molecule has 1 atom stereocenters. The minimum Gasteiger partial charge on any atom is -0.308 e. The lowest BCUT2D eigenvalue weighted by Crippen LogP contribution is -2.22. The van der Waals surface area contributed by atoms with Crippen LogP contribution in [0.25, 0.3) is 0 Å². The lowest BCUT2D eigenvalue weighted by Gasteiger charge is -2.19. The fourth-order valence-electron chi connectivity index (χ4n) is 1.86. The van der Waals surface area contributed by atoms with E-state index in [-0.39, 0.29) is 15.1 Å². The third kappa shape index (κ3) is 2.96. The monoisotopic (exact) mass is 380 g/mol. The van der Waals surface area contributed by atoms with Gasteiger partial charge in [-0.05, 0) is 41.2 Å². The molecule has 2 aromatic rings. The van der Waals surface area contributed by atoms with Crippen molar-refractivity contribution in [1.82, 2.24) is 10.3 Å². The predicted octanol–water partition coefficient (Wildman–Crippen LogP) is 4.74. The normalized spacial score (nSPS) is 12.5. The zero-order valence-corrected chi connectivity index (χ0v) is 13.3. The van der Waals surface area contributed by atoms with Gasteiger partial charge in [-0.15, -0.1) is 0 Å². The molecule has 1 unspecified atom stereocenters. The number of nitrogens with one attached hydrogen (secondary N) is 1. The van der Waals surface area contributed by atoms with Gasteiger partial charge in [-0.3, -0.25) is 4.98 Å². The summed E-state index contributed by atoms with van der Waals surface area (Å²) in [6.07, 6.45) is 1.38. The molecule has 0 bridgehead atoms. The van der Waals surface area contributed by atoms with E-state index in [4.69, 9.17) is 23.2 Å². The molecule has 0 saturated heterocycles. The number of hydrogen-bond donors (Lipinski definition) is 1. The van der Waals surface area contributed by atoms with Gasteiger partial charge in [0.15, 0.2) is 0 Å². The third-order valence-corrected chi connectivity index (χ3v) is 3.89. The number of nitrogens with zero attached hydrogens (tertiary/aromatic N) is 1. The Kier molecular flexibility index (Phi) is 4.96. The second-order valence-electron chi connectivity index (χ2n) is 4.00. The van der Waals surface area contributed by atoms with Crippen molar-refractivity contribution in [2.24, 2.45) is 0 Å². The fourth-order valence-corrected chi connectivity index (χ4v) is 2.70. The summed E-state index contributed by atoms with van der Waals surface area (Å²) in [6.45, 7) is 0. The van der Waals surface area contributed by atoms with Crippen LogP contribution < -0.4 is 5.32 Å². The summed E-state index contributed by atoms with van der Waals surface area (Å²) in [5.41, 5.74) is 0.146. The molecule has 0 aliphatic heterocycles. The van der Waals surface area contributed by atoms with Crippen LogP contribution >= 0.6 is 39.1 Å². The van der Waals surface area contributed by atoms with Gasteiger partial charge in [-0.25, -0.2) is 8.78 Å². The van der Waals surface area contributed by atoms with E-state index in [1.54, 1.807) is 7.05 Å². The highest BCUT2D eigenvalue weighted by atomic mass is 79.9. The number of hydrogen-bond acceptors (Lipinski definition) is 2. The minimum atomic E-state index is -0.822. The highest BCUT2D eigenvalue weighted by molar-refractivity contribution is 9.10. The molecular formula is C13H9BrCl2F2N2. The van der Waals surface area contributed by atoms with Gasteiger partial charge in [0.25, 0.3) is 0 Å². The van der Waals surface area contributed by atoms with E-state index in [0.717, 1.165) is 0 Å². The van der Waals surface area contributed by atoms with Crippen LogP contribution in [0.2, 0.25) is 10.0 Å². The second kappa shape index (κ2) is 6.35. The highest BCUT2D eigenvalue weighted by Gasteiger charge is 2.25. The molecule has 2 rings (SSSR count). The summed E-state index contributed by atoms with van der Waals surface area (Å²) in [6, 6.07) is 3.13. The van der Waals surface area contributed by atoms with Gasteiger partial charge in [0.05, 0.1) is 26.3 Å². The van der Waals surface area contributed by atoms with Crippen molar-refractivity contribution in [1.29, 1.82) is 0 Å². The molecular weight excluding hydrogens is 373 g/mol. The van der Waals surface area contributed by atoms with Gasteiger partial charge in [0.1, 0.15) is 11.6 Å². The van der Waals surface area contributed by atoms with Crippen LogP contribution in [0.15, 0.2) is 28.9 Å². The lowest BCUT2D eigenvalue weighted by atomic mass is 10.0. The molecule has 2 nitrogen and oxygen atoms in total. The average molecular weight is 382 g/mol. The zero-order chi connectivity index (χ0) is 14.9. The molecule has 0 saturated carbocycles. The van der Waals surface area contributed by atoms with Crippen molar-refractivity contribution in [2.75, 3.05) is 7.05 Å². The number of aromatic nitrogens is 1. The van der Waals surface area contributed by atoms with Gasteiger partial charge >= 0.3 is 0 Å². The van der Waals surface area contributed by atoms with Crippen LogP contribution in [0.4, 0.5) is 8.78 Å². The Hall–Kier alpha value is -0.750. The molecule has 0 aliphatic carbocycles. The maximum atomic E-state index is 14.2. The van der Waals surface area contributed by atoms with Crippen LogP contribution in [-0.4, -0.2) is 12.0 Å². The molecule has 0 fully saturated rings. The molecule has 0 aliphatic rings. The Balaban J connectivity index is 2.61. The molecule has 20 heavy (non-hydrogen) atoms. The van der Waals surface area contributed by atoms with Crippen LogP contribution in [0, 0.1) is 11.6 Å². The van der Waals surface area contributed by atoms with Gasteiger partial charge in [-0.2, -0.15) is 0 Å². The quantitative estimate of drug-likeness (QED) is 0.777. The van der Waals surface area contributed by atoms with Crippen molar-refractivity contribution in [2.45, 2.75) is 6.04 Å². The van der Waals surface area contributed by atoms with E-state index in [0.29, 0.717) is 10.7 Å². The SMILES string of the molecule is CNC(c1ncc(Cl)cc1Cl)c1c(F)ccc(Br)c1F. The number of pyridine rings is 1. The van der Waals surface area contributed by atoms with Crippen LogP contribution in [-0.2, 0) is 0 Å². The maximum Gasteiger partial charge on any atom is 0.145 e. The van der Waals surface area contributed by atoms with E-state index in [1.165, 1.54) is 24.4 Å².